The van der Waals surface area contributed by atoms with Gasteiger partial charge in [-0.1, -0.05) is 25.5 Å². The predicted octanol–water partition coefficient (Wildman–Crippen LogP) is 6.27. The van der Waals surface area contributed by atoms with Gasteiger partial charge in [0.2, 0.25) is 17.7 Å². The summed E-state index contributed by atoms with van der Waals surface area (Å²) in [6.45, 7) is 3.62. The molecule has 228 valence electrons. The number of benzene rings is 1. The molecule has 0 bridgehead atoms. The molecule has 41 heavy (non-hydrogen) atoms. The van der Waals surface area contributed by atoms with Crippen molar-refractivity contribution in [2.75, 3.05) is 18.1 Å². The van der Waals surface area contributed by atoms with E-state index in [0.29, 0.717) is 12.1 Å². The maximum atomic E-state index is 13.9. The molecule has 1 aromatic carbocycles. The van der Waals surface area contributed by atoms with Crippen molar-refractivity contribution >= 4 is 27.7 Å². The van der Waals surface area contributed by atoms with Crippen LogP contribution >= 0.6 is 10.2 Å². The summed E-state index contributed by atoms with van der Waals surface area (Å²) in [5.74, 6) is -4.44. The second-order valence-corrected chi connectivity index (χ2v) is 13.4. The van der Waals surface area contributed by atoms with Crippen molar-refractivity contribution in [1.29, 1.82) is 0 Å². The summed E-state index contributed by atoms with van der Waals surface area (Å²) in [6.07, 6.45) is 1.71. The van der Waals surface area contributed by atoms with Gasteiger partial charge in [-0.2, -0.15) is 0 Å². The fourth-order valence-electron chi connectivity index (χ4n) is 4.80. The number of nitrogens with one attached hydrogen (secondary N) is 2. The first-order chi connectivity index (χ1) is 18.7. The molecule has 1 saturated heterocycles. The second-order valence-electron chi connectivity index (χ2n) is 11.0. The zero-order chi connectivity index (χ0) is 30.3. The summed E-state index contributed by atoms with van der Waals surface area (Å²) in [4.78, 5) is 30.4. The first kappa shape index (κ1) is 31.0. The van der Waals surface area contributed by atoms with E-state index in [1.54, 1.807) is 13.8 Å². The number of carbonyl (C=O) groups is 2. The van der Waals surface area contributed by atoms with Gasteiger partial charge in [0.1, 0.15) is 17.0 Å². The molecule has 1 aliphatic carbocycles. The Morgan fingerprint density at radius 1 is 1.07 bits per heavy atom. The lowest BCUT2D eigenvalue weighted by Gasteiger charge is -2.41. The molecule has 2 heterocycles. The molecule has 7 nitrogen and oxygen atoms in total. The molecular formula is C26H31F7N4O3S. The lowest BCUT2D eigenvalue weighted by Crippen LogP contribution is -2.59. The van der Waals surface area contributed by atoms with Gasteiger partial charge in [0.25, 0.3) is 0 Å². The molecule has 15 heteroatoms. The van der Waals surface area contributed by atoms with E-state index in [-0.39, 0.29) is 49.4 Å². The summed E-state index contributed by atoms with van der Waals surface area (Å²) in [5.41, 5.74) is -0.742. The number of hydrogen-bond acceptors (Lipinski definition) is 5. The number of amides is 2. The van der Waals surface area contributed by atoms with Crippen molar-refractivity contribution in [1.82, 2.24) is 15.6 Å². The summed E-state index contributed by atoms with van der Waals surface area (Å²) < 4.78 is 100. The average molecular weight is 613 g/mol. The van der Waals surface area contributed by atoms with Gasteiger partial charge < -0.3 is 15.4 Å². The van der Waals surface area contributed by atoms with Crippen LogP contribution in [0.5, 0.6) is 0 Å². The molecule has 2 amide bonds. The number of pyridine rings is 1. The lowest BCUT2D eigenvalue weighted by atomic mass is 9.91. The minimum absolute atomic E-state index is 0.0296. The van der Waals surface area contributed by atoms with Crippen LogP contribution in [0.15, 0.2) is 53.7 Å². The second kappa shape index (κ2) is 10.1. The van der Waals surface area contributed by atoms with E-state index in [9.17, 15) is 37.8 Å². The molecule has 2 aromatic rings. The van der Waals surface area contributed by atoms with Gasteiger partial charge in [-0.05, 0) is 57.0 Å². The van der Waals surface area contributed by atoms with Crippen molar-refractivity contribution in [3.05, 3.63) is 54.4 Å². The highest BCUT2D eigenvalue weighted by atomic mass is 32.5. The van der Waals surface area contributed by atoms with Crippen LogP contribution in [0.2, 0.25) is 0 Å². The van der Waals surface area contributed by atoms with Crippen molar-refractivity contribution < 1.29 is 42.5 Å². The molecule has 1 aliphatic heterocycles. The zero-order valence-electron chi connectivity index (χ0n) is 22.3. The Morgan fingerprint density at radius 2 is 1.71 bits per heavy atom. The number of ether oxygens (including phenoxy) is 1. The molecule has 2 fully saturated rings. The first-order valence-corrected chi connectivity index (χ1v) is 14.8. The van der Waals surface area contributed by atoms with E-state index in [0.717, 1.165) is 4.90 Å². The fraction of sp³-hybridized carbons (Fsp3) is 0.500. The summed E-state index contributed by atoms with van der Waals surface area (Å²) in [7, 11) is -10.0. The Balaban J connectivity index is 1.75. The zero-order valence-corrected chi connectivity index (χ0v) is 23.1. The van der Waals surface area contributed by atoms with Crippen LogP contribution < -0.4 is 15.5 Å². The predicted molar refractivity (Wildman–Crippen MR) is 139 cm³/mol. The number of halogens is 7. The van der Waals surface area contributed by atoms with Gasteiger partial charge >= 0.3 is 10.2 Å². The maximum absolute atomic E-state index is 13.9. The van der Waals surface area contributed by atoms with Crippen molar-refractivity contribution in [3.8, 4) is 0 Å². The Morgan fingerprint density at radius 3 is 2.22 bits per heavy atom. The van der Waals surface area contributed by atoms with Crippen LogP contribution in [-0.2, 0) is 14.3 Å². The largest absolute Gasteiger partial charge is 0.372 e. The molecule has 1 aromatic heterocycles. The van der Waals surface area contributed by atoms with Crippen LogP contribution in [0.1, 0.15) is 51.1 Å². The Bertz CT molecular complexity index is 1260. The molecule has 2 N–H and O–H groups in total. The van der Waals surface area contributed by atoms with Gasteiger partial charge in [0, 0.05) is 49.1 Å². The number of anilines is 1. The Kier molecular flexibility index (Phi) is 7.66. The third-order valence-corrected chi connectivity index (χ3v) is 8.24. The number of carbonyl (C=O) groups excluding carboxylic acids is 2. The number of alkyl halides is 2. The number of aromatic nitrogens is 1. The highest BCUT2D eigenvalue weighted by Crippen LogP contribution is 3.02. The standard InChI is InChI=1S/C26H31F7N4O3S/c1-25(2)16-35-21(15-40-25)24(39)37(19-5-7-20(8-6-19)41(29,30,31,32)33)22(17-4-3-13-34-14-17)23(38)36-18-9-11-26(27,28)12-10-18/h3-8,13-14,18,21-22,35H,9-12,15-16H2,1-2H3,(H,36,38). The molecule has 2 atom stereocenters. The monoisotopic (exact) mass is 612 g/mol. The van der Waals surface area contributed by atoms with E-state index < -0.39 is 69.4 Å². The lowest BCUT2D eigenvalue weighted by molar-refractivity contribution is -0.132. The quantitative estimate of drug-likeness (QED) is 0.360. The van der Waals surface area contributed by atoms with Crippen molar-refractivity contribution in [2.45, 2.75) is 74.1 Å². The summed E-state index contributed by atoms with van der Waals surface area (Å²) >= 11 is 0. The summed E-state index contributed by atoms with van der Waals surface area (Å²) in [6, 6.07) is 1.42. The highest BCUT2D eigenvalue weighted by molar-refractivity contribution is 8.45. The smallest absolute Gasteiger partial charge is 0.310 e. The Labute approximate surface area is 232 Å². The van der Waals surface area contributed by atoms with Crippen LogP contribution in [0, 0.1) is 0 Å². The Hall–Kier alpha value is -2.91. The first-order valence-electron chi connectivity index (χ1n) is 12.9. The van der Waals surface area contributed by atoms with Crippen molar-refractivity contribution in [3.63, 3.8) is 0 Å². The normalized spacial score (nSPS) is 23.5. The fourth-order valence-corrected chi connectivity index (χ4v) is 5.45. The highest BCUT2D eigenvalue weighted by Gasteiger charge is 2.65. The molecule has 0 spiro atoms. The van der Waals surface area contributed by atoms with Gasteiger partial charge in [0.15, 0.2) is 0 Å². The van der Waals surface area contributed by atoms with Gasteiger partial charge in [0.05, 0.1) is 12.2 Å². The number of nitrogens with zero attached hydrogens (tertiary/aromatic N) is 2. The van der Waals surface area contributed by atoms with E-state index in [1.807, 2.05) is 0 Å². The van der Waals surface area contributed by atoms with E-state index in [2.05, 4.69) is 15.6 Å². The van der Waals surface area contributed by atoms with E-state index in [4.69, 9.17) is 4.74 Å². The van der Waals surface area contributed by atoms with Gasteiger partial charge in [-0.15, -0.1) is 0 Å². The maximum Gasteiger partial charge on any atom is 0.310 e. The number of morpholine rings is 1. The van der Waals surface area contributed by atoms with Crippen molar-refractivity contribution in [2.24, 2.45) is 0 Å². The molecule has 0 radical (unpaired) electrons. The molecule has 2 unspecified atom stereocenters. The molecule has 1 saturated carbocycles. The third-order valence-electron chi connectivity index (χ3n) is 7.08. The topological polar surface area (TPSA) is 83.6 Å². The van der Waals surface area contributed by atoms with Crippen LogP contribution in [0.3, 0.4) is 0 Å². The minimum atomic E-state index is -10.0. The summed E-state index contributed by atoms with van der Waals surface area (Å²) in [5, 5.41) is 5.69. The number of rotatable bonds is 7. The van der Waals surface area contributed by atoms with E-state index in [1.165, 1.54) is 24.5 Å². The average Bonchev–Trinajstić information content (AvgIpc) is 2.87. The number of hydrogen-bond donors (Lipinski definition) is 2. The van der Waals surface area contributed by atoms with Crippen LogP contribution in [0.25, 0.3) is 0 Å². The van der Waals surface area contributed by atoms with Gasteiger partial charge in [-0.3, -0.25) is 19.5 Å². The third kappa shape index (κ3) is 7.68. The SMILES string of the molecule is CC1(C)CNC(C(=O)N(c2ccc(S(F)(F)(F)(F)F)cc2)C(C(=O)NC2CCC(F)(F)CC2)c2cccnc2)CO1. The molecule has 4 rings (SSSR count). The van der Waals surface area contributed by atoms with E-state index >= 15 is 0 Å². The van der Waals surface area contributed by atoms with Gasteiger partial charge in [-0.25, -0.2) is 8.78 Å². The van der Waals surface area contributed by atoms with Crippen LogP contribution in [-0.4, -0.2) is 53.6 Å². The minimum Gasteiger partial charge on any atom is -0.372 e. The van der Waals surface area contributed by atoms with Crippen LogP contribution in [0.4, 0.5) is 33.9 Å². The molecule has 2 aliphatic rings. The molecular weight excluding hydrogens is 581 g/mol.